The molecule has 0 amide bonds. The zero-order valence-electron chi connectivity index (χ0n) is 12.7. The molecule has 118 valence electrons. The van der Waals surface area contributed by atoms with Crippen LogP contribution < -0.4 is 5.11 Å². The third-order valence-electron chi connectivity index (χ3n) is 3.40. The first-order chi connectivity index (χ1) is 11.6. The summed E-state index contributed by atoms with van der Waals surface area (Å²) in [7, 11) is 0. The van der Waals surface area contributed by atoms with Gasteiger partial charge in [-0.2, -0.15) is 5.10 Å². The Balaban J connectivity index is 2.16. The average molecular weight is 338 g/mol. The molecule has 1 aromatic heterocycles. The minimum atomic E-state index is -0.449. The molecule has 6 nitrogen and oxygen atoms in total. The Bertz CT molecular complexity index is 940. The molecule has 0 bridgehead atoms. The monoisotopic (exact) mass is 337 g/mol. The highest BCUT2D eigenvalue weighted by Crippen LogP contribution is 2.34. The smallest absolute Gasteiger partial charge is 0.451 e. The summed E-state index contributed by atoms with van der Waals surface area (Å²) in [5.41, 5.74) is 1.68. The molecular weight excluding hydrogens is 326 g/mol. The van der Waals surface area contributed by atoms with Crippen LogP contribution in [0.5, 0.6) is 0 Å². The van der Waals surface area contributed by atoms with Gasteiger partial charge in [0.25, 0.3) is 5.82 Å². The van der Waals surface area contributed by atoms with Gasteiger partial charge in [-0.3, -0.25) is 0 Å². The average Bonchev–Trinajstić information content (AvgIpc) is 2.91. The van der Waals surface area contributed by atoms with E-state index in [0.717, 1.165) is 0 Å². The van der Waals surface area contributed by atoms with Crippen molar-refractivity contribution in [1.29, 1.82) is 5.39 Å². The van der Waals surface area contributed by atoms with Crippen molar-refractivity contribution < 1.29 is 5.11 Å². The summed E-state index contributed by atoms with van der Waals surface area (Å²) in [5.74, 6) is -0.290. The highest BCUT2D eigenvalue weighted by Gasteiger charge is 2.26. The predicted octanol–water partition coefficient (Wildman–Crippen LogP) is 3.76. The SMILES string of the molecule is Cc1nn(-c2ccc(Cl)cc2)c(N=C([O-])c2ccccc2)c1[N+]#N. The molecule has 24 heavy (non-hydrogen) atoms. The number of benzene rings is 2. The van der Waals surface area contributed by atoms with E-state index in [1.54, 1.807) is 55.5 Å². The lowest BCUT2D eigenvalue weighted by Crippen LogP contribution is -2.18. The summed E-state index contributed by atoms with van der Waals surface area (Å²) in [4.78, 5) is 7.32. The minimum absolute atomic E-state index is 0.147. The summed E-state index contributed by atoms with van der Waals surface area (Å²) in [6, 6.07) is 15.5. The van der Waals surface area contributed by atoms with Gasteiger partial charge in [0.2, 0.25) is 5.39 Å². The first-order valence-corrected chi connectivity index (χ1v) is 7.49. The Morgan fingerprint density at radius 3 is 2.46 bits per heavy atom. The third-order valence-corrected chi connectivity index (χ3v) is 3.66. The highest BCUT2D eigenvalue weighted by atomic mass is 35.5. The summed E-state index contributed by atoms with van der Waals surface area (Å²) in [6.45, 7) is 1.67. The summed E-state index contributed by atoms with van der Waals surface area (Å²) >= 11 is 5.90. The molecule has 0 fully saturated rings. The van der Waals surface area contributed by atoms with Gasteiger partial charge in [-0.05, 0) is 42.7 Å². The lowest BCUT2D eigenvalue weighted by atomic mass is 10.2. The van der Waals surface area contributed by atoms with Crippen LogP contribution in [0.2, 0.25) is 5.02 Å². The van der Waals surface area contributed by atoms with Gasteiger partial charge in [-0.15, -0.1) is 0 Å². The molecule has 0 spiro atoms. The van der Waals surface area contributed by atoms with E-state index < -0.39 is 5.90 Å². The van der Waals surface area contributed by atoms with Crippen molar-refractivity contribution in [1.82, 2.24) is 9.78 Å². The van der Waals surface area contributed by atoms with E-state index in [4.69, 9.17) is 11.6 Å². The summed E-state index contributed by atoms with van der Waals surface area (Å²) in [6.07, 6.45) is 0. The first-order valence-electron chi connectivity index (χ1n) is 7.12. The zero-order valence-corrected chi connectivity index (χ0v) is 13.5. The van der Waals surface area contributed by atoms with Crippen LogP contribution in [0.25, 0.3) is 10.7 Å². The molecule has 0 aliphatic carbocycles. The predicted molar refractivity (Wildman–Crippen MR) is 90.7 cm³/mol. The molecule has 0 saturated heterocycles. The largest absolute Gasteiger partial charge is 0.858 e. The van der Waals surface area contributed by atoms with Crippen molar-refractivity contribution in [3.63, 3.8) is 0 Å². The van der Waals surface area contributed by atoms with Crippen LogP contribution in [0.15, 0.2) is 59.6 Å². The van der Waals surface area contributed by atoms with Crippen molar-refractivity contribution in [2.45, 2.75) is 6.92 Å². The van der Waals surface area contributed by atoms with Crippen molar-refractivity contribution in [3.8, 4) is 5.69 Å². The van der Waals surface area contributed by atoms with Crippen LogP contribution in [0, 0.1) is 12.3 Å². The van der Waals surface area contributed by atoms with E-state index >= 15 is 0 Å². The molecule has 0 N–H and O–H groups in total. The fraction of sp³-hybridized carbons (Fsp3) is 0.0588. The first kappa shape index (κ1) is 15.7. The van der Waals surface area contributed by atoms with Gasteiger partial charge >= 0.3 is 5.69 Å². The Morgan fingerprint density at radius 1 is 1.17 bits per heavy atom. The molecule has 0 aliphatic heterocycles. The Morgan fingerprint density at radius 2 is 1.83 bits per heavy atom. The minimum Gasteiger partial charge on any atom is -0.858 e. The Kier molecular flexibility index (Phi) is 4.27. The van der Waals surface area contributed by atoms with Gasteiger partial charge < -0.3 is 5.11 Å². The quantitative estimate of drug-likeness (QED) is 0.414. The molecule has 0 atom stereocenters. The van der Waals surface area contributed by atoms with Crippen LogP contribution >= 0.6 is 11.6 Å². The van der Waals surface area contributed by atoms with E-state index in [-0.39, 0.29) is 11.5 Å². The third kappa shape index (κ3) is 2.98. The molecule has 7 heteroatoms. The topological polar surface area (TPSA) is 81.4 Å². The van der Waals surface area contributed by atoms with Crippen molar-refractivity contribution in [2.75, 3.05) is 0 Å². The molecule has 0 radical (unpaired) electrons. The number of diazo groups is 1. The molecule has 1 heterocycles. The maximum absolute atomic E-state index is 12.4. The van der Waals surface area contributed by atoms with Gasteiger partial charge in [-0.25, -0.2) is 9.67 Å². The second-order valence-corrected chi connectivity index (χ2v) is 5.47. The molecular formula is C17H12ClN5O. The maximum atomic E-state index is 12.4. The van der Waals surface area contributed by atoms with Crippen LogP contribution in [0.3, 0.4) is 0 Å². The van der Waals surface area contributed by atoms with E-state index in [9.17, 15) is 10.5 Å². The fourth-order valence-corrected chi connectivity index (χ4v) is 2.35. The van der Waals surface area contributed by atoms with Gasteiger partial charge in [0, 0.05) is 5.02 Å². The molecule has 3 rings (SSSR count). The number of aromatic nitrogens is 2. The van der Waals surface area contributed by atoms with Crippen molar-refractivity contribution in [2.24, 2.45) is 4.99 Å². The number of hydrogen-bond acceptors (Lipinski definition) is 4. The van der Waals surface area contributed by atoms with Gasteiger partial charge in [-0.1, -0.05) is 41.9 Å². The normalized spacial score (nSPS) is 11.3. The van der Waals surface area contributed by atoms with Crippen LogP contribution in [-0.4, -0.2) is 15.7 Å². The Hall–Kier alpha value is -3.17. The Labute approximate surface area is 143 Å². The molecule has 0 aliphatic rings. The number of aliphatic imine (C=N–C) groups is 1. The summed E-state index contributed by atoms with van der Waals surface area (Å²) < 4.78 is 1.45. The van der Waals surface area contributed by atoms with E-state index in [2.05, 4.69) is 15.1 Å². The number of hydrogen-bond donors (Lipinski definition) is 0. The van der Waals surface area contributed by atoms with Gasteiger partial charge in [0.1, 0.15) is 0 Å². The van der Waals surface area contributed by atoms with Crippen LogP contribution in [0.4, 0.5) is 11.5 Å². The number of nitrogens with zero attached hydrogens (tertiary/aromatic N) is 5. The molecule has 3 aromatic rings. The highest BCUT2D eigenvalue weighted by molar-refractivity contribution is 6.30. The zero-order chi connectivity index (χ0) is 17.1. The van der Waals surface area contributed by atoms with Gasteiger partial charge in [0.15, 0.2) is 10.7 Å². The van der Waals surface area contributed by atoms with Crippen LogP contribution in [0.1, 0.15) is 11.3 Å². The van der Waals surface area contributed by atoms with E-state index in [1.807, 2.05) is 6.07 Å². The second kappa shape index (κ2) is 6.52. The maximum Gasteiger partial charge on any atom is 0.451 e. The fourth-order valence-electron chi connectivity index (χ4n) is 2.23. The second-order valence-electron chi connectivity index (χ2n) is 5.03. The van der Waals surface area contributed by atoms with Gasteiger partial charge in [0.05, 0.1) is 5.69 Å². The standard InChI is InChI=1S/C17H12ClN5O/c1-11-15(21-19)16(20-17(24)12-5-3-2-4-6-12)23(22-11)14-9-7-13(18)8-10-14/h2-10H,1H3. The van der Waals surface area contributed by atoms with Crippen molar-refractivity contribution in [3.05, 3.63) is 75.9 Å². The van der Waals surface area contributed by atoms with Crippen molar-refractivity contribution >= 4 is 29.0 Å². The molecule has 0 unspecified atom stereocenters. The lowest BCUT2D eigenvalue weighted by Gasteiger charge is -2.10. The summed E-state index contributed by atoms with van der Waals surface area (Å²) in [5, 5.41) is 26.5. The molecule has 2 aromatic carbocycles. The molecule has 0 saturated carbocycles. The number of aryl methyl sites for hydroxylation is 1. The van der Waals surface area contributed by atoms with E-state index in [1.165, 1.54) is 4.68 Å². The van der Waals surface area contributed by atoms with E-state index in [0.29, 0.717) is 22.0 Å². The number of halogens is 1. The number of rotatable bonds is 3. The lowest BCUT2D eigenvalue weighted by molar-refractivity contribution is -0.212. The van der Waals surface area contributed by atoms with Crippen LogP contribution in [-0.2, 0) is 0 Å².